The summed E-state index contributed by atoms with van der Waals surface area (Å²) >= 11 is 2.31. The standard InChI is InChI=1S/C17H22IN6OP/c1-5-14-12-7-15(20-10-16(12)24(22-14)26-18)13-9-21-23(4)17(13)25-11(3)8-19-6-2/h5,7,9-11,19,26H,1,6,8H2,2-4H3. The molecule has 0 radical (unpaired) electrons. The smallest absolute Gasteiger partial charge is 0.221 e. The van der Waals surface area contributed by atoms with Crippen LogP contribution in [0, 0.1) is 0 Å². The Hall–Kier alpha value is -1.51. The van der Waals surface area contributed by atoms with Crippen LogP contribution in [-0.4, -0.2) is 43.5 Å². The molecule has 2 unspecified atom stereocenters. The van der Waals surface area contributed by atoms with Gasteiger partial charge in [0.15, 0.2) is 0 Å². The van der Waals surface area contributed by atoms with Gasteiger partial charge in [0, 0.05) is 19.0 Å². The van der Waals surface area contributed by atoms with Crippen LogP contribution in [0.1, 0.15) is 19.5 Å². The van der Waals surface area contributed by atoms with Gasteiger partial charge < -0.3 is 10.1 Å². The van der Waals surface area contributed by atoms with E-state index in [1.165, 1.54) is 0 Å². The normalized spacial score (nSPS) is 12.9. The number of ether oxygens (including phenoxy) is 1. The topological polar surface area (TPSA) is 69.8 Å². The first-order valence-electron chi connectivity index (χ1n) is 8.36. The van der Waals surface area contributed by atoms with Crippen molar-refractivity contribution in [1.82, 2.24) is 29.6 Å². The maximum absolute atomic E-state index is 6.12. The van der Waals surface area contributed by atoms with E-state index in [4.69, 9.17) is 4.74 Å². The molecular weight excluding hydrogens is 462 g/mol. The van der Waals surface area contributed by atoms with Crippen LogP contribution < -0.4 is 10.1 Å². The van der Waals surface area contributed by atoms with E-state index in [0.717, 1.165) is 40.9 Å². The summed E-state index contributed by atoms with van der Waals surface area (Å²) in [5.74, 6) is 0.713. The molecule has 26 heavy (non-hydrogen) atoms. The van der Waals surface area contributed by atoms with E-state index in [9.17, 15) is 0 Å². The molecule has 3 heterocycles. The second-order valence-corrected chi connectivity index (χ2v) is 7.94. The summed E-state index contributed by atoms with van der Waals surface area (Å²) in [4.78, 5) is 4.63. The number of rotatable bonds is 8. The third kappa shape index (κ3) is 3.77. The lowest BCUT2D eigenvalue weighted by atomic mass is 10.1. The van der Waals surface area contributed by atoms with Crippen LogP contribution in [0.5, 0.6) is 5.88 Å². The highest BCUT2D eigenvalue weighted by Gasteiger charge is 2.18. The average Bonchev–Trinajstić information content (AvgIpc) is 3.20. The van der Waals surface area contributed by atoms with Crippen molar-refractivity contribution in [1.29, 1.82) is 0 Å². The van der Waals surface area contributed by atoms with Crippen molar-refractivity contribution in [2.24, 2.45) is 7.05 Å². The first-order valence-corrected chi connectivity index (χ1v) is 12.4. The fourth-order valence-electron chi connectivity index (χ4n) is 2.72. The Kier molecular flexibility index (Phi) is 6.26. The van der Waals surface area contributed by atoms with Gasteiger partial charge in [0.05, 0.1) is 41.2 Å². The van der Waals surface area contributed by atoms with Gasteiger partial charge in [0.25, 0.3) is 0 Å². The van der Waals surface area contributed by atoms with E-state index >= 15 is 0 Å². The van der Waals surface area contributed by atoms with Crippen molar-refractivity contribution in [3.8, 4) is 17.1 Å². The van der Waals surface area contributed by atoms with E-state index in [1.54, 1.807) is 17.0 Å². The summed E-state index contributed by atoms with van der Waals surface area (Å²) in [6, 6.07) is 2.03. The fraction of sp³-hybridized carbons (Fsp3) is 0.353. The molecule has 3 aromatic rings. The zero-order valence-corrected chi connectivity index (χ0v) is 18.2. The molecule has 1 N–H and O–H groups in total. The molecule has 0 aliphatic carbocycles. The molecule has 0 bridgehead atoms. The van der Waals surface area contributed by atoms with Crippen LogP contribution in [-0.2, 0) is 7.05 Å². The third-order valence-corrected chi connectivity index (χ3v) is 5.90. The zero-order chi connectivity index (χ0) is 18.7. The lowest BCUT2D eigenvalue weighted by Gasteiger charge is -2.16. The Bertz CT molecular complexity index is 922. The molecule has 0 saturated carbocycles. The van der Waals surface area contributed by atoms with Crippen LogP contribution in [0.3, 0.4) is 0 Å². The van der Waals surface area contributed by atoms with Gasteiger partial charge in [-0.2, -0.15) is 10.2 Å². The Morgan fingerprint density at radius 1 is 1.46 bits per heavy atom. The number of fused-ring (bicyclic) bond motifs is 1. The average molecular weight is 484 g/mol. The van der Waals surface area contributed by atoms with E-state index in [1.807, 2.05) is 30.7 Å². The van der Waals surface area contributed by atoms with Gasteiger partial charge in [-0.3, -0.25) is 4.98 Å². The van der Waals surface area contributed by atoms with Crippen LogP contribution in [0.4, 0.5) is 0 Å². The van der Waals surface area contributed by atoms with Gasteiger partial charge in [-0.25, -0.2) is 9.13 Å². The van der Waals surface area contributed by atoms with E-state index in [2.05, 4.69) is 56.0 Å². The number of halogens is 1. The molecule has 7 nitrogen and oxygen atoms in total. The highest BCUT2D eigenvalue weighted by Crippen LogP contribution is 2.34. The molecule has 0 fully saturated rings. The Labute approximate surface area is 167 Å². The van der Waals surface area contributed by atoms with Crippen molar-refractivity contribution < 1.29 is 4.74 Å². The minimum atomic E-state index is 0.0273. The lowest BCUT2D eigenvalue weighted by Crippen LogP contribution is -2.29. The van der Waals surface area contributed by atoms with Gasteiger partial charge in [0.1, 0.15) is 6.10 Å². The Balaban J connectivity index is 2.00. The number of likely N-dealkylation sites (N-methyl/N-ethyl adjacent to an activating group) is 1. The van der Waals surface area contributed by atoms with Crippen LogP contribution in [0.2, 0.25) is 0 Å². The van der Waals surface area contributed by atoms with Crippen molar-refractivity contribution in [3.63, 3.8) is 0 Å². The number of pyridine rings is 1. The predicted molar refractivity (Wildman–Crippen MR) is 116 cm³/mol. The maximum Gasteiger partial charge on any atom is 0.221 e. The summed E-state index contributed by atoms with van der Waals surface area (Å²) in [5, 5.41) is 13.3. The monoisotopic (exact) mass is 484 g/mol. The molecule has 0 aliphatic rings. The summed E-state index contributed by atoms with van der Waals surface area (Å²) in [6.07, 6.45) is 5.96. The summed E-state index contributed by atoms with van der Waals surface area (Å²) in [5.41, 5.74) is 3.55. The van der Waals surface area contributed by atoms with Gasteiger partial charge >= 0.3 is 0 Å². The second-order valence-electron chi connectivity index (χ2n) is 5.90. The number of hydrogen-bond donors (Lipinski definition) is 1. The number of aromatic nitrogens is 5. The molecule has 3 rings (SSSR count). The number of aryl methyl sites for hydroxylation is 1. The van der Waals surface area contributed by atoms with E-state index in [-0.39, 0.29) is 6.10 Å². The van der Waals surface area contributed by atoms with Crippen LogP contribution in [0.15, 0.2) is 25.0 Å². The van der Waals surface area contributed by atoms with Crippen molar-refractivity contribution in [2.45, 2.75) is 20.0 Å². The second kappa shape index (κ2) is 8.45. The highest BCUT2D eigenvalue weighted by molar-refractivity contribution is 14.2. The van der Waals surface area contributed by atoms with E-state index in [0.29, 0.717) is 12.3 Å². The van der Waals surface area contributed by atoms with Gasteiger partial charge in [-0.05, 0) is 47.7 Å². The SMILES string of the molecule is C=Cc1nn(PI)c2cnc(-c3cnn(C)c3OC(C)CNCC)cc12. The molecule has 0 aliphatic heterocycles. The zero-order valence-electron chi connectivity index (χ0n) is 15.0. The molecule has 0 saturated heterocycles. The molecular formula is C17H22IN6OP. The van der Waals surface area contributed by atoms with Crippen LogP contribution >= 0.6 is 28.4 Å². The molecule has 0 amide bonds. The minimum Gasteiger partial charge on any atom is -0.473 e. The number of nitrogens with zero attached hydrogens (tertiary/aromatic N) is 5. The number of nitrogens with one attached hydrogen (secondary N) is 1. The molecule has 3 aromatic heterocycles. The molecule has 2 atom stereocenters. The van der Waals surface area contributed by atoms with Gasteiger partial charge in [0.2, 0.25) is 5.88 Å². The Morgan fingerprint density at radius 2 is 2.27 bits per heavy atom. The summed E-state index contributed by atoms with van der Waals surface area (Å²) in [6.45, 7) is 9.68. The predicted octanol–water partition coefficient (Wildman–Crippen LogP) is 3.64. The number of hydrogen-bond acceptors (Lipinski definition) is 5. The quantitative estimate of drug-likeness (QED) is 0.391. The minimum absolute atomic E-state index is 0.0273. The molecule has 138 valence electrons. The van der Waals surface area contributed by atoms with Gasteiger partial charge in [-0.1, -0.05) is 13.5 Å². The van der Waals surface area contributed by atoms with Crippen molar-refractivity contribution in [2.75, 3.05) is 13.1 Å². The first kappa shape index (κ1) is 19.3. The molecule has 9 heteroatoms. The van der Waals surface area contributed by atoms with Crippen molar-refractivity contribution >= 4 is 45.4 Å². The summed E-state index contributed by atoms with van der Waals surface area (Å²) < 4.78 is 9.82. The first-order chi connectivity index (χ1) is 12.6. The van der Waals surface area contributed by atoms with Gasteiger partial charge in [-0.15, -0.1) is 0 Å². The lowest BCUT2D eigenvalue weighted by molar-refractivity contribution is 0.201. The Morgan fingerprint density at radius 3 is 2.96 bits per heavy atom. The largest absolute Gasteiger partial charge is 0.473 e. The van der Waals surface area contributed by atoms with Crippen molar-refractivity contribution in [3.05, 3.63) is 30.7 Å². The fourth-order valence-corrected chi connectivity index (χ4v) is 4.24. The third-order valence-electron chi connectivity index (χ3n) is 4.02. The summed E-state index contributed by atoms with van der Waals surface area (Å²) in [7, 11) is 1.88. The van der Waals surface area contributed by atoms with E-state index < -0.39 is 0 Å². The van der Waals surface area contributed by atoms with Crippen LogP contribution in [0.25, 0.3) is 28.2 Å². The highest BCUT2D eigenvalue weighted by atomic mass is 127. The maximum atomic E-state index is 6.12. The molecule has 0 spiro atoms. The molecule has 0 aromatic carbocycles.